The van der Waals surface area contributed by atoms with Crippen molar-refractivity contribution >= 4 is 10.9 Å². The van der Waals surface area contributed by atoms with Gasteiger partial charge in [-0.3, -0.25) is 0 Å². The summed E-state index contributed by atoms with van der Waals surface area (Å²) in [6.45, 7) is 4.33. The predicted molar refractivity (Wildman–Crippen MR) is 112 cm³/mol. The van der Waals surface area contributed by atoms with E-state index in [9.17, 15) is 0 Å². The van der Waals surface area contributed by atoms with Crippen molar-refractivity contribution in [2.45, 2.75) is 32.7 Å². The average Bonchev–Trinajstić information content (AvgIpc) is 3.13. The molecule has 3 aromatic rings. The van der Waals surface area contributed by atoms with E-state index in [-0.39, 0.29) is 0 Å². The molecule has 146 valence electrons. The second-order valence-electron chi connectivity index (χ2n) is 6.83. The number of hydrogen-bond acceptors (Lipinski definition) is 4. The summed E-state index contributed by atoms with van der Waals surface area (Å²) >= 11 is 0. The van der Waals surface area contributed by atoms with Crippen LogP contribution >= 0.6 is 0 Å². The molecule has 2 N–H and O–H groups in total. The molecule has 0 unspecified atom stereocenters. The van der Waals surface area contributed by atoms with Crippen LogP contribution in [0.15, 0.2) is 42.6 Å². The number of nitrogens with zero attached hydrogens (tertiary/aromatic N) is 1. The topological polar surface area (TPSA) is 70.1 Å². The minimum Gasteiger partial charge on any atom is -0.493 e. The first-order valence-electron chi connectivity index (χ1n) is 9.66. The van der Waals surface area contributed by atoms with Gasteiger partial charge in [-0.05, 0) is 61.2 Å². The number of hydrogen-bond donors (Lipinski definition) is 2. The molecule has 0 spiro atoms. The molecular formula is C23H27N3O2. The van der Waals surface area contributed by atoms with Crippen LogP contribution in [0.1, 0.15) is 29.5 Å². The number of benzene rings is 2. The highest BCUT2D eigenvalue weighted by molar-refractivity contribution is 5.86. The SMILES string of the molecule is COc1ccc(CNCCc2c[nH]c3cccc(C)c23)cc1OCCCC#N. The normalized spacial score (nSPS) is 10.8. The highest BCUT2D eigenvalue weighted by Gasteiger charge is 2.08. The number of H-pyrrole nitrogens is 1. The number of unbranched alkanes of at least 4 members (excludes halogenated alkanes) is 1. The monoisotopic (exact) mass is 377 g/mol. The number of ether oxygens (including phenoxy) is 2. The summed E-state index contributed by atoms with van der Waals surface area (Å²) in [5, 5.41) is 13.5. The fraction of sp³-hybridized carbons (Fsp3) is 0.348. The van der Waals surface area contributed by atoms with E-state index >= 15 is 0 Å². The van der Waals surface area contributed by atoms with Crippen LogP contribution < -0.4 is 14.8 Å². The van der Waals surface area contributed by atoms with Crippen molar-refractivity contribution in [3.63, 3.8) is 0 Å². The molecule has 0 atom stereocenters. The molecule has 0 aliphatic rings. The third kappa shape index (κ3) is 4.85. The molecule has 3 rings (SSSR count). The highest BCUT2D eigenvalue weighted by atomic mass is 16.5. The first-order valence-corrected chi connectivity index (χ1v) is 9.66. The van der Waals surface area contributed by atoms with Crippen molar-refractivity contribution in [1.82, 2.24) is 10.3 Å². The Kier molecular flexibility index (Phi) is 6.94. The molecule has 1 aromatic heterocycles. The maximum absolute atomic E-state index is 8.63. The largest absolute Gasteiger partial charge is 0.493 e. The Bertz CT molecular complexity index is 956. The molecule has 0 amide bonds. The van der Waals surface area contributed by atoms with Crippen molar-refractivity contribution in [2.24, 2.45) is 0 Å². The van der Waals surface area contributed by atoms with Crippen LogP contribution in [0, 0.1) is 18.3 Å². The molecule has 0 radical (unpaired) electrons. The quantitative estimate of drug-likeness (QED) is 0.510. The van der Waals surface area contributed by atoms with Gasteiger partial charge in [-0.25, -0.2) is 0 Å². The van der Waals surface area contributed by atoms with Crippen molar-refractivity contribution in [3.8, 4) is 17.6 Å². The van der Waals surface area contributed by atoms with E-state index in [0.717, 1.165) is 36.6 Å². The van der Waals surface area contributed by atoms with E-state index < -0.39 is 0 Å². The lowest BCUT2D eigenvalue weighted by Gasteiger charge is -2.12. The Labute approximate surface area is 166 Å². The number of nitriles is 1. The summed E-state index contributed by atoms with van der Waals surface area (Å²) in [5.41, 5.74) is 4.99. The smallest absolute Gasteiger partial charge is 0.161 e. The third-order valence-corrected chi connectivity index (χ3v) is 4.81. The zero-order valence-electron chi connectivity index (χ0n) is 16.5. The van der Waals surface area contributed by atoms with Crippen LogP contribution in [0.4, 0.5) is 0 Å². The van der Waals surface area contributed by atoms with Gasteiger partial charge in [0.2, 0.25) is 0 Å². The summed E-state index contributed by atoms with van der Waals surface area (Å²) in [5.74, 6) is 1.45. The molecule has 0 fully saturated rings. The lowest BCUT2D eigenvalue weighted by atomic mass is 10.1. The van der Waals surface area contributed by atoms with Crippen LogP contribution in [0.5, 0.6) is 11.5 Å². The molecule has 5 nitrogen and oxygen atoms in total. The van der Waals surface area contributed by atoms with Gasteiger partial charge in [-0.1, -0.05) is 18.2 Å². The Morgan fingerprint density at radius 2 is 2.07 bits per heavy atom. The van der Waals surface area contributed by atoms with E-state index in [4.69, 9.17) is 14.7 Å². The summed E-state index contributed by atoms with van der Waals surface area (Å²) in [6, 6.07) is 14.5. The van der Waals surface area contributed by atoms with Crippen LogP contribution in [-0.4, -0.2) is 25.2 Å². The number of fused-ring (bicyclic) bond motifs is 1. The number of methoxy groups -OCH3 is 1. The van der Waals surface area contributed by atoms with Gasteiger partial charge >= 0.3 is 0 Å². The van der Waals surface area contributed by atoms with Crippen LogP contribution in [0.25, 0.3) is 10.9 Å². The molecule has 0 aliphatic heterocycles. The molecule has 0 saturated carbocycles. The van der Waals surface area contributed by atoms with Gasteiger partial charge < -0.3 is 19.8 Å². The number of aryl methyl sites for hydroxylation is 1. The Morgan fingerprint density at radius 1 is 1.18 bits per heavy atom. The fourth-order valence-corrected chi connectivity index (χ4v) is 3.38. The average molecular weight is 377 g/mol. The molecule has 0 bridgehead atoms. The van der Waals surface area contributed by atoms with Gasteiger partial charge in [0.05, 0.1) is 19.8 Å². The predicted octanol–water partition coefficient (Wildman–Crippen LogP) is 4.50. The molecule has 28 heavy (non-hydrogen) atoms. The fourth-order valence-electron chi connectivity index (χ4n) is 3.38. The minimum atomic E-state index is 0.497. The van der Waals surface area contributed by atoms with Gasteiger partial charge in [0.1, 0.15) is 0 Å². The minimum absolute atomic E-state index is 0.497. The van der Waals surface area contributed by atoms with Gasteiger partial charge in [0.15, 0.2) is 11.5 Å². The number of aromatic amines is 1. The van der Waals surface area contributed by atoms with Crippen LogP contribution in [0.2, 0.25) is 0 Å². The molecule has 0 aliphatic carbocycles. The zero-order valence-corrected chi connectivity index (χ0v) is 16.5. The second-order valence-corrected chi connectivity index (χ2v) is 6.83. The summed E-state index contributed by atoms with van der Waals surface area (Å²) < 4.78 is 11.2. The van der Waals surface area contributed by atoms with Gasteiger partial charge in [0, 0.05) is 30.1 Å². The molecular weight excluding hydrogens is 350 g/mol. The number of nitrogens with one attached hydrogen (secondary N) is 2. The maximum atomic E-state index is 8.63. The van der Waals surface area contributed by atoms with Crippen molar-refractivity contribution in [3.05, 3.63) is 59.3 Å². The van der Waals surface area contributed by atoms with Gasteiger partial charge in [-0.15, -0.1) is 0 Å². The van der Waals surface area contributed by atoms with Crippen molar-refractivity contribution < 1.29 is 9.47 Å². The second kappa shape index (κ2) is 9.82. The van der Waals surface area contributed by atoms with E-state index in [0.29, 0.717) is 19.4 Å². The van der Waals surface area contributed by atoms with E-state index in [2.05, 4.69) is 47.7 Å². The number of rotatable bonds is 10. The zero-order chi connectivity index (χ0) is 19.8. The molecule has 1 heterocycles. The standard InChI is InChI=1S/C23H27N3O2/c1-17-6-5-7-20-23(17)19(16-26-20)10-12-25-15-18-8-9-21(27-2)22(14-18)28-13-4-3-11-24/h5-9,14,16,25-26H,3-4,10,12-13,15H2,1-2H3. The summed E-state index contributed by atoms with van der Waals surface area (Å²) in [6.07, 6.45) is 4.29. The molecule has 0 saturated heterocycles. The lowest BCUT2D eigenvalue weighted by molar-refractivity contribution is 0.290. The lowest BCUT2D eigenvalue weighted by Crippen LogP contribution is -2.16. The maximum Gasteiger partial charge on any atom is 0.161 e. The van der Waals surface area contributed by atoms with Gasteiger partial charge in [0.25, 0.3) is 0 Å². The number of aromatic nitrogens is 1. The Morgan fingerprint density at radius 3 is 2.89 bits per heavy atom. The first kappa shape index (κ1) is 19.8. The van der Waals surface area contributed by atoms with Gasteiger partial charge in [-0.2, -0.15) is 5.26 Å². The summed E-state index contributed by atoms with van der Waals surface area (Å²) in [4.78, 5) is 3.36. The van der Waals surface area contributed by atoms with E-state index in [1.807, 2.05) is 18.2 Å². The molecule has 5 heteroatoms. The van der Waals surface area contributed by atoms with E-state index in [1.54, 1.807) is 7.11 Å². The third-order valence-electron chi connectivity index (χ3n) is 4.81. The molecule has 2 aromatic carbocycles. The highest BCUT2D eigenvalue weighted by Crippen LogP contribution is 2.28. The van der Waals surface area contributed by atoms with Crippen molar-refractivity contribution in [2.75, 3.05) is 20.3 Å². The first-order chi connectivity index (χ1) is 13.7. The van der Waals surface area contributed by atoms with Crippen molar-refractivity contribution in [1.29, 1.82) is 5.26 Å². The summed E-state index contributed by atoms with van der Waals surface area (Å²) in [7, 11) is 1.64. The van der Waals surface area contributed by atoms with Crippen LogP contribution in [-0.2, 0) is 13.0 Å². The van der Waals surface area contributed by atoms with Crippen LogP contribution in [0.3, 0.4) is 0 Å². The Balaban J connectivity index is 1.54. The van der Waals surface area contributed by atoms with E-state index in [1.165, 1.54) is 22.0 Å². The Hall–Kier alpha value is -2.97.